The fourth-order valence-corrected chi connectivity index (χ4v) is 4.41. The number of hydrogen-bond acceptors (Lipinski definition) is 3. The second-order valence-corrected chi connectivity index (χ2v) is 9.24. The quantitative estimate of drug-likeness (QED) is 0.395. The van der Waals surface area contributed by atoms with E-state index >= 15 is 0 Å². The molecule has 4 rings (SSSR count). The summed E-state index contributed by atoms with van der Waals surface area (Å²) in [7, 11) is 0. The lowest BCUT2D eigenvalue weighted by molar-refractivity contribution is -0.271. The second-order valence-electron chi connectivity index (χ2n) is 9.24. The zero-order valence-electron chi connectivity index (χ0n) is 18.9. The molecule has 0 amide bonds. The monoisotopic (exact) mass is 466 g/mol. The first-order valence-corrected chi connectivity index (χ1v) is 10.9. The highest BCUT2D eigenvalue weighted by Gasteiger charge is 2.56. The van der Waals surface area contributed by atoms with Crippen molar-refractivity contribution in [2.75, 3.05) is 0 Å². The maximum absolute atomic E-state index is 14.3. The van der Waals surface area contributed by atoms with Crippen LogP contribution in [0.5, 0.6) is 0 Å². The largest absolute Gasteiger partial charge is 0.418 e. The Morgan fingerprint density at radius 3 is 2.38 bits per heavy atom. The molecular formula is C27H25F3N2O2. The summed E-state index contributed by atoms with van der Waals surface area (Å²) in [6.45, 7) is 2.65. The number of para-hydroxylation sites is 1. The summed E-state index contributed by atoms with van der Waals surface area (Å²) in [4.78, 5) is 16.3. The average Bonchev–Trinajstić information content (AvgIpc) is 2.81. The molecule has 0 saturated heterocycles. The first kappa shape index (κ1) is 23.7. The lowest BCUT2D eigenvalue weighted by atomic mass is 9.74. The van der Waals surface area contributed by atoms with Crippen molar-refractivity contribution in [1.82, 2.24) is 9.55 Å². The maximum Gasteiger partial charge on any atom is 0.418 e. The van der Waals surface area contributed by atoms with Crippen LogP contribution < -0.4 is 5.43 Å². The Morgan fingerprint density at radius 1 is 0.941 bits per heavy atom. The van der Waals surface area contributed by atoms with E-state index in [1.54, 1.807) is 68.7 Å². The van der Waals surface area contributed by atoms with Crippen molar-refractivity contribution in [1.29, 1.82) is 0 Å². The Morgan fingerprint density at radius 2 is 1.68 bits per heavy atom. The Labute approximate surface area is 195 Å². The number of pyridine rings is 2. The second kappa shape index (κ2) is 8.72. The minimum atomic E-state index is -4.89. The van der Waals surface area contributed by atoms with E-state index in [4.69, 9.17) is 0 Å². The molecule has 0 saturated carbocycles. The van der Waals surface area contributed by atoms with E-state index in [0.717, 1.165) is 11.1 Å². The van der Waals surface area contributed by atoms with Gasteiger partial charge >= 0.3 is 6.18 Å². The van der Waals surface area contributed by atoms with Gasteiger partial charge in [-0.1, -0.05) is 56.3 Å². The summed E-state index contributed by atoms with van der Waals surface area (Å²) < 4.78 is 44.3. The molecule has 176 valence electrons. The van der Waals surface area contributed by atoms with Gasteiger partial charge in [0.1, 0.15) is 0 Å². The van der Waals surface area contributed by atoms with Gasteiger partial charge < -0.3 is 9.67 Å². The van der Waals surface area contributed by atoms with E-state index in [2.05, 4.69) is 4.98 Å². The number of rotatable bonds is 6. The molecule has 1 N–H and O–H groups in total. The summed E-state index contributed by atoms with van der Waals surface area (Å²) in [6, 6.07) is 18.6. The minimum Gasteiger partial charge on any atom is -0.379 e. The normalized spacial score (nSPS) is 14.2. The van der Waals surface area contributed by atoms with E-state index in [0.29, 0.717) is 16.5 Å². The predicted octanol–water partition coefficient (Wildman–Crippen LogP) is 5.72. The van der Waals surface area contributed by atoms with Gasteiger partial charge in [0, 0.05) is 30.0 Å². The van der Waals surface area contributed by atoms with Crippen LogP contribution in [0.25, 0.3) is 22.0 Å². The van der Waals surface area contributed by atoms with Crippen molar-refractivity contribution in [3.05, 3.63) is 101 Å². The number of fused-ring (bicyclic) bond motifs is 1. The molecule has 0 aliphatic rings. The molecule has 7 heteroatoms. The highest BCUT2D eigenvalue weighted by atomic mass is 19.4. The first-order chi connectivity index (χ1) is 16.0. The van der Waals surface area contributed by atoms with Crippen molar-refractivity contribution in [3.63, 3.8) is 0 Å². The number of aliphatic hydroxyl groups is 1. The lowest BCUT2D eigenvalue weighted by Gasteiger charge is -2.38. The van der Waals surface area contributed by atoms with Gasteiger partial charge in [-0.25, -0.2) is 0 Å². The Kier molecular flexibility index (Phi) is 6.08. The summed E-state index contributed by atoms with van der Waals surface area (Å²) in [5.41, 5.74) is -1.63. The van der Waals surface area contributed by atoms with Gasteiger partial charge in [-0.05, 0) is 46.7 Å². The van der Waals surface area contributed by atoms with E-state index < -0.39 is 30.2 Å². The van der Waals surface area contributed by atoms with Crippen LogP contribution in [-0.2, 0) is 12.0 Å². The van der Waals surface area contributed by atoms with E-state index in [1.807, 2.05) is 18.2 Å². The molecule has 0 radical (unpaired) electrons. The third kappa shape index (κ3) is 4.61. The zero-order chi connectivity index (χ0) is 24.6. The van der Waals surface area contributed by atoms with Crippen LogP contribution in [0.15, 0.2) is 90.1 Å². The summed E-state index contributed by atoms with van der Waals surface area (Å²) in [5, 5.41) is 11.4. The molecule has 0 aliphatic heterocycles. The number of benzene rings is 2. The summed E-state index contributed by atoms with van der Waals surface area (Å²) in [6.07, 6.45) is -0.811. The van der Waals surface area contributed by atoms with E-state index in [1.165, 1.54) is 16.8 Å². The molecule has 0 aliphatic carbocycles. The molecule has 2 heterocycles. The van der Waals surface area contributed by atoms with Crippen molar-refractivity contribution in [2.45, 2.75) is 44.0 Å². The fourth-order valence-electron chi connectivity index (χ4n) is 4.41. The van der Waals surface area contributed by atoms with Crippen molar-refractivity contribution in [2.24, 2.45) is 0 Å². The Balaban J connectivity index is 1.72. The van der Waals surface area contributed by atoms with Gasteiger partial charge in [-0.15, -0.1) is 0 Å². The molecule has 0 bridgehead atoms. The third-order valence-electron chi connectivity index (χ3n) is 6.22. The molecule has 4 nitrogen and oxygen atoms in total. The van der Waals surface area contributed by atoms with Crippen LogP contribution in [0, 0.1) is 0 Å². The van der Waals surface area contributed by atoms with Crippen molar-refractivity contribution in [3.8, 4) is 11.1 Å². The fraction of sp³-hybridized carbons (Fsp3) is 0.259. The molecule has 1 atom stereocenters. The SMILES string of the molecule is CC(C)(CC(O)(Cn1ccc(=O)c2ccccc21)C(F)(F)F)c1cccc(-c2cccnc2)c1. The standard InChI is InChI=1S/C27H25F3N2O2/c1-25(2,21-9-5-7-19(15-21)20-8-6-13-31-16-20)17-26(34,27(28,29)30)18-32-14-12-24(33)22-10-3-4-11-23(22)32/h3-16,34H,17-18H2,1-2H3. The number of alkyl halides is 3. The van der Waals surface area contributed by atoms with Gasteiger partial charge in [0.05, 0.1) is 12.1 Å². The average molecular weight is 467 g/mol. The van der Waals surface area contributed by atoms with E-state index in [9.17, 15) is 23.1 Å². The van der Waals surface area contributed by atoms with Gasteiger partial charge in [-0.2, -0.15) is 13.2 Å². The number of hydrogen-bond donors (Lipinski definition) is 1. The third-order valence-corrected chi connectivity index (χ3v) is 6.22. The topological polar surface area (TPSA) is 55.1 Å². The number of nitrogens with zero attached hydrogens (tertiary/aromatic N) is 2. The highest BCUT2D eigenvalue weighted by Crippen LogP contribution is 2.43. The van der Waals surface area contributed by atoms with Crippen LogP contribution in [0.2, 0.25) is 0 Å². The Bertz CT molecular complexity index is 1360. The predicted molar refractivity (Wildman–Crippen MR) is 127 cm³/mol. The lowest BCUT2D eigenvalue weighted by Crippen LogP contribution is -2.52. The zero-order valence-corrected chi connectivity index (χ0v) is 18.9. The van der Waals surface area contributed by atoms with Crippen LogP contribution >= 0.6 is 0 Å². The van der Waals surface area contributed by atoms with Crippen LogP contribution in [-0.4, -0.2) is 26.4 Å². The number of aromatic nitrogens is 2. The van der Waals surface area contributed by atoms with Gasteiger partial charge in [-0.3, -0.25) is 9.78 Å². The van der Waals surface area contributed by atoms with Crippen LogP contribution in [0.4, 0.5) is 13.2 Å². The van der Waals surface area contributed by atoms with Gasteiger partial charge in [0.25, 0.3) is 0 Å². The molecule has 0 spiro atoms. The van der Waals surface area contributed by atoms with Crippen molar-refractivity contribution >= 4 is 10.9 Å². The molecular weight excluding hydrogens is 441 g/mol. The first-order valence-electron chi connectivity index (χ1n) is 10.9. The molecule has 4 aromatic rings. The van der Waals surface area contributed by atoms with Gasteiger partial charge in [0.2, 0.25) is 0 Å². The minimum absolute atomic E-state index is 0.282. The summed E-state index contributed by atoms with van der Waals surface area (Å²) >= 11 is 0. The van der Waals surface area contributed by atoms with E-state index in [-0.39, 0.29) is 5.43 Å². The van der Waals surface area contributed by atoms with Crippen molar-refractivity contribution < 1.29 is 18.3 Å². The molecule has 2 aromatic heterocycles. The summed E-state index contributed by atoms with van der Waals surface area (Å²) in [5.74, 6) is 0. The molecule has 34 heavy (non-hydrogen) atoms. The van der Waals surface area contributed by atoms with Crippen LogP contribution in [0.3, 0.4) is 0 Å². The smallest absolute Gasteiger partial charge is 0.379 e. The highest BCUT2D eigenvalue weighted by molar-refractivity contribution is 5.78. The van der Waals surface area contributed by atoms with Gasteiger partial charge in [0.15, 0.2) is 11.0 Å². The Hall–Kier alpha value is -3.45. The molecule has 1 unspecified atom stereocenters. The molecule has 2 aromatic carbocycles. The number of halogens is 3. The molecule has 0 fully saturated rings. The maximum atomic E-state index is 14.3. The van der Waals surface area contributed by atoms with Crippen LogP contribution in [0.1, 0.15) is 25.8 Å².